The molecule has 0 aliphatic carbocycles. The molecule has 0 aromatic rings. The van der Waals surface area contributed by atoms with Crippen LogP contribution in [-0.4, -0.2) is 26.7 Å². The third kappa shape index (κ3) is 3.73. The quantitative estimate of drug-likeness (QED) is 0.580. The van der Waals surface area contributed by atoms with Crippen molar-refractivity contribution >= 4 is 0 Å². The van der Waals surface area contributed by atoms with Crippen LogP contribution >= 0.6 is 0 Å². The van der Waals surface area contributed by atoms with E-state index in [1.54, 1.807) is 0 Å². The average molecular weight is 156 g/mol. The van der Waals surface area contributed by atoms with Crippen LogP contribution in [0.5, 0.6) is 0 Å². The Hall–Kier alpha value is -0.0800. The standard InChI is InChI=1S/C9H20N2/c1-10-6-3-2-4-9-5-7-11-8-9/h9-11H,2-8H2,1H3. The topological polar surface area (TPSA) is 24.1 Å². The third-order valence-corrected chi connectivity index (χ3v) is 2.45. The van der Waals surface area contributed by atoms with Crippen LogP contribution in [0.15, 0.2) is 0 Å². The van der Waals surface area contributed by atoms with E-state index in [0.29, 0.717) is 0 Å². The Morgan fingerprint density at radius 3 is 3.00 bits per heavy atom. The first-order chi connectivity index (χ1) is 5.43. The molecule has 1 atom stereocenters. The minimum atomic E-state index is 0.979. The molecule has 2 heteroatoms. The maximum atomic E-state index is 3.40. The van der Waals surface area contributed by atoms with Crippen molar-refractivity contribution < 1.29 is 0 Å². The summed E-state index contributed by atoms with van der Waals surface area (Å²) in [5.41, 5.74) is 0. The Bertz CT molecular complexity index is 87.6. The molecule has 0 aromatic heterocycles. The van der Waals surface area contributed by atoms with Gasteiger partial charge in [-0.3, -0.25) is 0 Å². The minimum absolute atomic E-state index is 0.979. The number of hydrogen-bond donors (Lipinski definition) is 2. The Kier molecular flexibility index (Phi) is 4.55. The first kappa shape index (κ1) is 9.01. The van der Waals surface area contributed by atoms with Gasteiger partial charge in [0.05, 0.1) is 0 Å². The lowest BCUT2D eigenvalue weighted by atomic mass is 10.0. The van der Waals surface area contributed by atoms with E-state index < -0.39 is 0 Å². The van der Waals surface area contributed by atoms with Gasteiger partial charge in [-0.2, -0.15) is 0 Å². The molecule has 0 saturated carbocycles. The lowest BCUT2D eigenvalue weighted by Crippen LogP contribution is -2.10. The van der Waals surface area contributed by atoms with Crippen molar-refractivity contribution in [2.24, 2.45) is 5.92 Å². The van der Waals surface area contributed by atoms with Crippen LogP contribution in [-0.2, 0) is 0 Å². The largest absolute Gasteiger partial charge is 0.320 e. The van der Waals surface area contributed by atoms with Crippen LogP contribution < -0.4 is 10.6 Å². The van der Waals surface area contributed by atoms with Gasteiger partial charge in [-0.1, -0.05) is 6.42 Å². The molecule has 1 heterocycles. The van der Waals surface area contributed by atoms with Crippen LogP contribution in [0.1, 0.15) is 25.7 Å². The van der Waals surface area contributed by atoms with Crippen LogP contribution in [0.4, 0.5) is 0 Å². The van der Waals surface area contributed by atoms with Crippen molar-refractivity contribution in [2.45, 2.75) is 25.7 Å². The van der Waals surface area contributed by atoms with Crippen molar-refractivity contribution in [1.29, 1.82) is 0 Å². The van der Waals surface area contributed by atoms with E-state index in [9.17, 15) is 0 Å². The molecular weight excluding hydrogens is 136 g/mol. The monoisotopic (exact) mass is 156 g/mol. The van der Waals surface area contributed by atoms with Crippen molar-refractivity contribution in [3.63, 3.8) is 0 Å². The van der Waals surface area contributed by atoms with E-state index in [1.165, 1.54) is 45.3 Å². The lowest BCUT2D eigenvalue weighted by molar-refractivity contribution is 0.493. The molecule has 1 fully saturated rings. The number of rotatable bonds is 5. The summed E-state index contributed by atoms with van der Waals surface area (Å²) in [6.45, 7) is 3.69. The summed E-state index contributed by atoms with van der Waals surface area (Å²) in [7, 11) is 2.02. The SMILES string of the molecule is CNCCCCC1CCNC1. The zero-order valence-electron chi connectivity index (χ0n) is 7.53. The molecule has 0 radical (unpaired) electrons. The number of unbranched alkanes of at least 4 members (excludes halogenated alkanes) is 1. The fourth-order valence-electron chi connectivity index (χ4n) is 1.70. The van der Waals surface area contributed by atoms with E-state index in [0.717, 1.165) is 5.92 Å². The third-order valence-electron chi connectivity index (χ3n) is 2.45. The minimum Gasteiger partial charge on any atom is -0.320 e. The van der Waals surface area contributed by atoms with Crippen LogP contribution in [0, 0.1) is 5.92 Å². The summed E-state index contributed by atoms with van der Waals surface area (Å²) in [5, 5.41) is 6.58. The second kappa shape index (κ2) is 5.56. The fraction of sp³-hybridized carbons (Fsp3) is 1.00. The van der Waals surface area contributed by atoms with Gasteiger partial charge in [0.2, 0.25) is 0 Å². The normalized spacial score (nSPS) is 24.3. The van der Waals surface area contributed by atoms with Gasteiger partial charge < -0.3 is 10.6 Å². The van der Waals surface area contributed by atoms with E-state index in [2.05, 4.69) is 10.6 Å². The van der Waals surface area contributed by atoms with Gasteiger partial charge in [0.1, 0.15) is 0 Å². The van der Waals surface area contributed by atoms with Gasteiger partial charge in [-0.15, -0.1) is 0 Å². The first-order valence-electron chi connectivity index (χ1n) is 4.79. The highest BCUT2D eigenvalue weighted by molar-refractivity contribution is 4.70. The van der Waals surface area contributed by atoms with E-state index >= 15 is 0 Å². The Balaban J connectivity index is 1.86. The summed E-state index contributed by atoms with van der Waals surface area (Å²) in [4.78, 5) is 0. The molecule has 0 spiro atoms. The molecule has 66 valence electrons. The van der Waals surface area contributed by atoms with Crippen LogP contribution in [0.2, 0.25) is 0 Å². The molecule has 2 nitrogen and oxygen atoms in total. The van der Waals surface area contributed by atoms with Crippen molar-refractivity contribution in [1.82, 2.24) is 10.6 Å². The van der Waals surface area contributed by atoms with E-state index in [1.807, 2.05) is 7.05 Å². The molecule has 1 aliphatic rings. The Morgan fingerprint density at radius 1 is 1.45 bits per heavy atom. The van der Waals surface area contributed by atoms with Gasteiger partial charge in [0, 0.05) is 0 Å². The van der Waals surface area contributed by atoms with Crippen molar-refractivity contribution in [3.05, 3.63) is 0 Å². The highest BCUT2D eigenvalue weighted by Crippen LogP contribution is 2.14. The Morgan fingerprint density at radius 2 is 2.36 bits per heavy atom. The van der Waals surface area contributed by atoms with Gasteiger partial charge in [0.25, 0.3) is 0 Å². The molecule has 0 bridgehead atoms. The summed E-state index contributed by atoms with van der Waals surface area (Å²) >= 11 is 0. The predicted octanol–water partition coefficient (Wildman–Crippen LogP) is 0.986. The van der Waals surface area contributed by atoms with Crippen molar-refractivity contribution in [3.8, 4) is 0 Å². The smallest absolute Gasteiger partial charge is 0.00200 e. The second-order valence-corrected chi connectivity index (χ2v) is 3.46. The zero-order valence-corrected chi connectivity index (χ0v) is 7.53. The summed E-state index contributed by atoms with van der Waals surface area (Å²) < 4.78 is 0. The molecule has 1 saturated heterocycles. The zero-order chi connectivity index (χ0) is 7.94. The number of nitrogens with one attached hydrogen (secondary N) is 2. The lowest BCUT2D eigenvalue weighted by Gasteiger charge is -2.06. The molecule has 1 aliphatic heterocycles. The highest BCUT2D eigenvalue weighted by atomic mass is 14.9. The van der Waals surface area contributed by atoms with Crippen LogP contribution in [0.3, 0.4) is 0 Å². The van der Waals surface area contributed by atoms with Crippen molar-refractivity contribution in [2.75, 3.05) is 26.7 Å². The van der Waals surface area contributed by atoms with E-state index in [-0.39, 0.29) is 0 Å². The average Bonchev–Trinajstić information content (AvgIpc) is 2.50. The first-order valence-corrected chi connectivity index (χ1v) is 4.79. The van der Waals surface area contributed by atoms with Gasteiger partial charge in [0.15, 0.2) is 0 Å². The van der Waals surface area contributed by atoms with E-state index in [4.69, 9.17) is 0 Å². The summed E-state index contributed by atoms with van der Waals surface area (Å²) in [6.07, 6.45) is 5.56. The number of hydrogen-bond acceptors (Lipinski definition) is 2. The predicted molar refractivity (Wildman–Crippen MR) is 48.8 cm³/mol. The van der Waals surface area contributed by atoms with Crippen LogP contribution in [0.25, 0.3) is 0 Å². The van der Waals surface area contributed by atoms with Gasteiger partial charge in [-0.25, -0.2) is 0 Å². The summed E-state index contributed by atoms with van der Waals surface area (Å²) in [5.74, 6) is 0.979. The molecule has 2 N–H and O–H groups in total. The fourth-order valence-corrected chi connectivity index (χ4v) is 1.70. The highest BCUT2D eigenvalue weighted by Gasteiger charge is 2.12. The maximum Gasteiger partial charge on any atom is -0.00200 e. The second-order valence-electron chi connectivity index (χ2n) is 3.46. The molecule has 0 aromatic carbocycles. The molecular formula is C9H20N2. The Labute approximate surface area is 69.8 Å². The van der Waals surface area contributed by atoms with Gasteiger partial charge >= 0.3 is 0 Å². The maximum absolute atomic E-state index is 3.40. The summed E-state index contributed by atoms with van der Waals surface area (Å²) in [6, 6.07) is 0. The molecule has 0 amide bonds. The molecule has 11 heavy (non-hydrogen) atoms. The molecule has 1 rings (SSSR count). The molecule has 1 unspecified atom stereocenters. The van der Waals surface area contributed by atoms with Gasteiger partial charge in [-0.05, 0) is 51.9 Å².